The van der Waals surface area contributed by atoms with Crippen molar-refractivity contribution in [2.75, 3.05) is 6.54 Å². The Labute approximate surface area is 98.9 Å². The molecule has 0 atom stereocenters. The van der Waals surface area contributed by atoms with Crippen molar-refractivity contribution in [3.63, 3.8) is 0 Å². The first-order valence-corrected chi connectivity index (χ1v) is 5.92. The standard InChI is InChI=1S/C11H14N4S/c1-15-8-13-14-11(15)16-10-5-3-2-4-9(10)6-7-12/h2-5,8H,6-7,12H2,1H3. The molecule has 16 heavy (non-hydrogen) atoms. The molecule has 0 aliphatic heterocycles. The minimum atomic E-state index is 0.663. The van der Waals surface area contributed by atoms with Crippen LogP contribution < -0.4 is 5.73 Å². The quantitative estimate of drug-likeness (QED) is 0.870. The van der Waals surface area contributed by atoms with E-state index < -0.39 is 0 Å². The largest absolute Gasteiger partial charge is 0.330 e. The molecule has 84 valence electrons. The summed E-state index contributed by atoms with van der Waals surface area (Å²) in [5.74, 6) is 0. The molecule has 2 rings (SSSR count). The highest BCUT2D eigenvalue weighted by molar-refractivity contribution is 7.99. The van der Waals surface area contributed by atoms with Gasteiger partial charge in [0.05, 0.1) is 0 Å². The van der Waals surface area contributed by atoms with Gasteiger partial charge >= 0.3 is 0 Å². The second kappa shape index (κ2) is 5.14. The molecule has 0 saturated carbocycles. The van der Waals surface area contributed by atoms with Gasteiger partial charge in [0, 0.05) is 11.9 Å². The van der Waals surface area contributed by atoms with E-state index in [0.29, 0.717) is 6.54 Å². The first kappa shape index (κ1) is 11.2. The summed E-state index contributed by atoms with van der Waals surface area (Å²) in [6.07, 6.45) is 2.59. The summed E-state index contributed by atoms with van der Waals surface area (Å²) in [7, 11) is 1.94. The lowest BCUT2D eigenvalue weighted by atomic mass is 10.1. The molecule has 1 aromatic heterocycles. The van der Waals surface area contributed by atoms with E-state index >= 15 is 0 Å². The fourth-order valence-electron chi connectivity index (χ4n) is 1.43. The number of hydrogen-bond acceptors (Lipinski definition) is 4. The van der Waals surface area contributed by atoms with E-state index in [9.17, 15) is 0 Å². The Balaban J connectivity index is 2.24. The monoisotopic (exact) mass is 234 g/mol. The molecule has 0 spiro atoms. The Morgan fingerprint density at radius 2 is 2.19 bits per heavy atom. The van der Waals surface area contributed by atoms with E-state index in [1.807, 2.05) is 23.7 Å². The van der Waals surface area contributed by atoms with Crippen molar-refractivity contribution >= 4 is 11.8 Å². The van der Waals surface area contributed by atoms with Crippen LogP contribution in [0.2, 0.25) is 0 Å². The van der Waals surface area contributed by atoms with Crippen LogP contribution in [0.25, 0.3) is 0 Å². The van der Waals surface area contributed by atoms with E-state index in [1.54, 1.807) is 18.1 Å². The van der Waals surface area contributed by atoms with E-state index in [-0.39, 0.29) is 0 Å². The molecule has 0 aliphatic rings. The van der Waals surface area contributed by atoms with Gasteiger partial charge in [-0.2, -0.15) is 0 Å². The first-order valence-electron chi connectivity index (χ1n) is 5.11. The summed E-state index contributed by atoms with van der Waals surface area (Å²) in [5, 5.41) is 8.81. The van der Waals surface area contributed by atoms with E-state index in [1.165, 1.54) is 10.5 Å². The molecule has 5 heteroatoms. The summed E-state index contributed by atoms with van der Waals surface area (Å²) in [6.45, 7) is 0.663. The lowest BCUT2D eigenvalue weighted by molar-refractivity contribution is 0.788. The highest BCUT2D eigenvalue weighted by Crippen LogP contribution is 2.28. The summed E-state index contributed by atoms with van der Waals surface area (Å²) in [5.41, 5.74) is 6.85. The van der Waals surface area contributed by atoms with Gasteiger partial charge < -0.3 is 10.3 Å². The molecule has 1 aromatic carbocycles. The average molecular weight is 234 g/mol. The van der Waals surface area contributed by atoms with Crippen molar-refractivity contribution in [3.8, 4) is 0 Å². The Kier molecular flexibility index (Phi) is 3.58. The predicted octanol–water partition coefficient (Wildman–Crippen LogP) is 1.47. The number of rotatable bonds is 4. The topological polar surface area (TPSA) is 56.7 Å². The minimum absolute atomic E-state index is 0.663. The number of benzene rings is 1. The predicted molar refractivity (Wildman–Crippen MR) is 64.3 cm³/mol. The molecule has 0 aliphatic carbocycles. The maximum Gasteiger partial charge on any atom is 0.195 e. The van der Waals surface area contributed by atoms with Crippen molar-refractivity contribution in [1.82, 2.24) is 14.8 Å². The highest BCUT2D eigenvalue weighted by atomic mass is 32.2. The highest BCUT2D eigenvalue weighted by Gasteiger charge is 2.07. The minimum Gasteiger partial charge on any atom is -0.330 e. The van der Waals surface area contributed by atoms with Gasteiger partial charge in [0.1, 0.15) is 6.33 Å². The fraction of sp³-hybridized carbons (Fsp3) is 0.273. The third-order valence-electron chi connectivity index (χ3n) is 2.26. The van der Waals surface area contributed by atoms with Crippen LogP contribution in [0, 0.1) is 0 Å². The summed E-state index contributed by atoms with van der Waals surface area (Å²) in [6, 6.07) is 8.25. The van der Waals surface area contributed by atoms with Crippen LogP contribution in [0.1, 0.15) is 5.56 Å². The van der Waals surface area contributed by atoms with Gasteiger partial charge in [0.15, 0.2) is 5.16 Å². The Hall–Kier alpha value is -1.33. The molecule has 2 N–H and O–H groups in total. The van der Waals surface area contributed by atoms with Gasteiger partial charge in [0.2, 0.25) is 0 Å². The normalized spacial score (nSPS) is 10.6. The molecule has 4 nitrogen and oxygen atoms in total. The average Bonchev–Trinajstić information content (AvgIpc) is 2.68. The van der Waals surface area contributed by atoms with Crippen molar-refractivity contribution in [3.05, 3.63) is 36.2 Å². The second-order valence-electron chi connectivity index (χ2n) is 3.47. The Morgan fingerprint density at radius 3 is 2.88 bits per heavy atom. The zero-order valence-electron chi connectivity index (χ0n) is 9.13. The van der Waals surface area contributed by atoms with Crippen LogP contribution in [0.4, 0.5) is 0 Å². The number of aromatic nitrogens is 3. The molecule has 0 fully saturated rings. The zero-order valence-corrected chi connectivity index (χ0v) is 9.94. The maximum atomic E-state index is 5.59. The second-order valence-corrected chi connectivity index (χ2v) is 4.48. The maximum absolute atomic E-state index is 5.59. The van der Waals surface area contributed by atoms with E-state index in [4.69, 9.17) is 5.73 Å². The van der Waals surface area contributed by atoms with Gasteiger partial charge in [-0.15, -0.1) is 10.2 Å². The molecule has 0 bridgehead atoms. The van der Waals surface area contributed by atoms with E-state index in [0.717, 1.165) is 11.6 Å². The number of aryl methyl sites for hydroxylation is 1. The van der Waals surface area contributed by atoms with Crippen molar-refractivity contribution in [2.45, 2.75) is 16.5 Å². The van der Waals surface area contributed by atoms with Crippen molar-refractivity contribution in [2.24, 2.45) is 12.8 Å². The summed E-state index contributed by atoms with van der Waals surface area (Å²) in [4.78, 5) is 1.20. The first-order chi connectivity index (χ1) is 7.81. The molecular formula is C11H14N4S. The third kappa shape index (κ3) is 2.43. The Morgan fingerprint density at radius 1 is 1.38 bits per heavy atom. The van der Waals surface area contributed by atoms with Crippen LogP contribution in [0.5, 0.6) is 0 Å². The van der Waals surface area contributed by atoms with Gasteiger partial charge in [-0.25, -0.2) is 0 Å². The fourth-order valence-corrected chi connectivity index (χ4v) is 2.35. The molecule has 0 radical (unpaired) electrons. The summed E-state index contributed by atoms with van der Waals surface area (Å²) >= 11 is 1.62. The number of nitrogens with zero attached hydrogens (tertiary/aromatic N) is 3. The molecule has 0 saturated heterocycles. The van der Waals surface area contributed by atoms with Gasteiger partial charge in [-0.05, 0) is 36.4 Å². The van der Waals surface area contributed by atoms with Crippen LogP contribution in [0.3, 0.4) is 0 Å². The van der Waals surface area contributed by atoms with Crippen LogP contribution in [-0.4, -0.2) is 21.3 Å². The van der Waals surface area contributed by atoms with Gasteiger partial charge in [0.25, 0.3) is 0 Å². The number of nitrogens with two attached hydrogens (primary N) is 1. The van der Waals surface area contributed by atoms with Gasteiger partial charge in [-0.3, -0.25) is 0 Å². The Bertz CT molecular complexity index is 467. The molecule has 2 aromatic rings. The van der Waals surface area contributed by atoms with E-state index in [2.05, 4.69) is 22.3 Å². The zero-order chi connectivity index (χ0) is 11.4. The van der Waals surface area contributed by atoms with Crippen LogP contribution in [0.15, 0.2) is 40.6 Å². The van der Waals surface area contributed by atoms with Crippen molar-refractivity contribution in [1.29, 1.82) is 0 Å². The molecule has 0 amide bonds. The van der Waals surface area contributed by atoms with Gasteiger partial charge in [-0.1, -0.05) is 18.2 Å². The van der Waals surface area contributed by atoms with Crippen LogP contribution in [-0.2, 0) is 13.5 Å². The molecule has 1 heterocycles. The van der Waals surface area contributed by atoms with Crippen LogP contribution >= 0.6 is 11.8 Å². The SMILES string of the molecule is Cn1cnnc1Sc1ccccc1CCN. The summed E-state index contributed by atoms with van der Waals surface area (Å²) < 4.78 is 1.91. The molecule has 0 unspecified atom stereocenters. The van der Waals surface area contributed by atoms with Crippen molar-refractivity contribution < 1.29 is 0 Å². The number of hydrogen-bond donors (Lipinski definition) is 1. The molecular weight excluding hydrogens is 220 g/mol. The lowest BCUT2D eigenvalue weighted by Crippen LogP contribution is -2.03. The smallest absolute Gasteiger partial charge is 0.195 e. The lowest BCUT2D eigenvalue weighted by Gasteiger charge is -2.06. The third-order valence-corrected chi connectivity index (χ3v) is 3.43.